The van der Waals surface area contributed by atoms with Crippen molar-refractivity contribution in [3.63, 3.8) is 0 Å². The lowest BCUT2D eigenvalue weighted by atomic mass is 10.3. The van der Waals surface area contributed by atoms with Crippen molar-refractivity contribution in [2.24, 2.45) is 0 Å². The van der Waals surface area contributed by atoms with Gasteiger partial charge in [0, 0.05) is 19.5 Å². The molecule has 4 nitrogen and oxygen atoms in total. The molecule has 0 radical (unpaired) electrons. The highest BCUT2D eigenvalue weighted by molar-refractivity contribution is 7.12. The SMILES string of the molecule is C/C=C/CCNC(=O)CCNC(=O)c1cccs1. The van der Waals surface area contributed by atoms with E-state index in [1.165, 1.54) is 11.3 Å². The smallest absolute Gasteiger partial charge is 0.261 e. The number of allylic oxidation sites excluding steroid dienone is 1. The van der Waals surface area contributed by atoms with Crippen molar-refractivity contribution in [1.29, 1.82) is 0 Å². The van der Waals surface area contributed by atoms with Gasteiger partial charge in [0.2, 0.25) is 5.91 Å². The molecular formula is C13H18N2O2S. The highest BCUT2D eigenvalue weighted by Crippen LogP contribution is 2.07. The first-order chi connectivity index (χ1) is 8.74. The Morgan fingerprint density at radius 2 is 2.17 bits per heavy atom. The van der Waals surface area contributed by atoms with Crippen molar-refractivity contribution in [3.8, 4) is 0 Å². The largest absolute Gasteiger partial charge is 0.356 e. The Morgan fingerprint density at radius 1 is 1.33 bits per heavy atom. The van der Waals surface area contributed by atoms with Crippen LogP contribution in [0.3, 0.4) is 0 Å². The minimum Gasteiger partial charge on any atom is -0.356 e. The molecule has 2 amide bonds. The fourth-order valence-electron chi connectivity index (χ4n) is 1.33. The molecule has 1 heterocycles. The molecule has 98 valence electrons. The van der Waals surface area contributed by atoms with Gasteiger partial charge in [0.25, 0.3) is 5.91 Å². The van der Waals surface area contributed by atoms with Crippen LogP contribution in [0.5, 0.6) is 0 Å². The van der Waals surface area contributed by atoms with Crippen molar-refractivity contribution >= 4 is 23.2 Å². The topological polar surface area (TPSA) is 58.2 Å². The van der Waals surface area contributed by atoms with Crippen molar-refractivity contribution in [2.75, 3.05) is 13.1 Å². The zero-order valence-corrected chi connectivity index (χ0v) is 11.3. The van der Waals surface area contributed by atoms with E-state index in [9.17, 15) is 9.59 Å². The molecule has 0 saturated carbocycles. The lowest BCUT2D eigenvalue weighted by Crippen LogP contribution is -2.30. The molecule has 0 fully saturated rings. The second kappa shape index (κ2) is 8.47. The van der Waals surface area contributed by atoms with Crippen LogP contribution in [-0.4, -0.2) is 24.9 Å². The third-order valence-corrected chi connectivity index (χ3v) is 3.12. The third-order valence-electron chi connectivity index (χ3n) is 2.25. The Kier molecular flexibility index (Phi) is 6.79. The zero-order valence-electron chi connectivity index (χ0n) is 10.4. The van der Waals surface area contributed by atoms with Crippen LogP contribution in [0, 0.1) is 0 Å². The normalized spacial score (nSPS) is 10.5. The summed E-state index contributed by atoms with van der Waals surface area (Å²) in [4.78, 5) is 23.6. The Morgan fingerprint density at radius 3 is 2.83 bits per heavy atom. The molecule has 18 heavy (non-hydrogen) atoms. The molecule has 0 bridgehead atoms. The van der Waals surface area contributed by atoms with E-state index >= 15 is 0 Å². The molecule has 0 aliphatic heterocycles. The number of thiophene rings is 1. The van der Waals surface area contributed by atoms with Crippen LogP contribution in [0.1, 0.15) is 29.4 Å². The van der Waals surface area contributed by atoms with E-state index in [0.717, 1.165) is 6.42 Å². The van der Waals surface area contributed by atoms with Gasteiger partial charge in [-0.05, 0) is 24.8 Å². The van der Waals surface area contributed by atoms with Gasteiger partial charge in [0.1, 0.15) is 0 Å². The van der Waals surface area contributed by atoms with Gasteiger partial charge < -0.3 is 10.6 Å². The van der Waals surface area contributed by atoms with Crippen LogP contribution in [0.2, 0.25) is 0 Å². The zero-order chi connectivity index (χ0) is 13.2. The Bertz CT molecular complexity index is 399. The molecule has 5 heteroatoms. The number of hydrogen-bond acceptors (Lipinski definition) is 3. The van der Waals surface area contributed by atoms with Gasteiger partial charge in [0.15, 0.2) is 0 Å². The van der Waals surface area contributed by atoms with Crippen molar-refractivity contribution in [2.45, 2.75) is 19.8 Å². The first-order valence-corrected chi connectivity index (χ1v) is 6.81. The predicted molar refractivity (Wildman–Crippen MR) is 73.7 cm³/mol. The van der Waals surface area contributed by atoms with Gasteiger partial charge in [-0.2, -0.15) is 0 Å². The van der Waals surface area contributed by atoms with Gasteiger partial charge in [-0.15, -0.1) is 11.3 Å². The lowest BCUT2D eigenvalue weighted by molar-refractivity contribution is -0.120. The van der Waals surface area contributed by atoms with Crippen LogP contribution in [0.4, 0.5) is 0 Å². The van der Waals surface area contributed by atoms with Gasteiger partial charge in [0.05, 0.1) is 4.88 Å². The van der Waals surface area contributed by atoms with Gasteiger partial charge >= 0.3 is 0 Å². The molecule has 0 aliphatic rings. The van der Waals surface area contributed by atoms with Gasteiger partial charge in [-0.1, -0.05) is 18.2 Å². The number of amides is 2. The fraction of sp³-hybridized carbons (Fsp3) is 0.385. The summed E-state index contributed by atoms with van der Waals surface area (Å²) < 4.78 is 0. The number of rotatable bonds is 7. The molecule has 1 rings (SSSR count). The highest BCUT2D eigenvalue weighted by Gasteiger charge is 2.06. The first-order valence-electron chi connectivity index (χ1n) is 5.93. The molecule has 0 spiro atoms. The van der Waals surface area contributed by atoms with E-state index < -0.39 is 0 Å². The monoisotopic (exact) mass is 266 g/mol. The van der Waals surface area contributed by atoms with Crippen molar-refractivity contribution in [1.82, 2.24) is 10.6 Å². The standard InChI is InChI=1S/C13H18N2O2S/c1-2-3-4-8-14-12(16)7-9-15-13(17)11-6-5-10-18-11/h2-3,5-6,10H,4,7-9H2,1H3,(H,14,16)(H,15,17)/b3-2+. The summed E-state index contributed by atoms with van der Waals surface area (Å²) in [6, 6.07) is 3.59. The Labute approximate surface area is 111 Å². The summed E-state index contributed by atoms with van der Waals surface area (Å²) in [7, 11) is 0. The first kappa shape index (κ1) is 14.4. The van der Waals surface area contributed by atoms with E-state index in [4.69, 9.17) is 0 Å². The van der Waals surface area contributed by atoms with E-state index in [2.05, 4.69) is 10.6 Å². The van der Waals surface area contributed by atoms with E-state index in [1.54, 1.807) is 6.07 Å². The maximum atomic E-state index is 11.5. The van der Waals surface area contributed by atoms with Gasteiger partial charge in [-0.3, -0.25) is 9.59 Å². The maximum Gasteiger partial charge on any atom is 0.261 e. The summed E-state index contributed by atoms with van der Waals surface area (Å²) >= 11 is 1.39. The average Bonchev–Trinajstić information content (AvgIpc) is 2.88. The summed E-state index contributed by atoms with van der Waals surface area (Å²) in [6.45, 7) is 2.95. The van der Waals surface area contributed by atoms with Crippen LogP contribution in [0.15, 0.2) is 29.7 Å². The summed E-state index contributed by atoms with van der Waals surface area (Å²) in [5.41, 5.74) is 0. The van der Waals surface area contributed by atoms with E-state index in [1.807, 2.05) is 30.5 Å². The molecule has 0 saturated heterocycles. The van der Waals surface area contributed by atoms with E-state index in [-0.39, 0.29) is 11.8 Å². The molecule has 2 N–H and O–H groups in total. The fourth-order valence-corrected chi connectivity index (χ4v) is 1.97. The minimum absolute atomic E-state index is 0.0361. The van der Waals surface area contributed by atoms with Crippen LogP contribution >= 0.6 is 11.3 Å². The van der Waals surface area contributed by atoms with Crippen molar-refractivity contribution < 1.29 is 9.59 Å². The van der Waals surface area contributed by atoms with E-state index in [0.29, 0.717) is 24.4 Å². The summed E-state index contributed by atoms with van der Waals surface area (Å²) in [6.07, 6.45) is 5.10. The van der Waals surface area contributed by atoms with Crippen LogP contribution in [0.25, 0.3) is 0 Å². The molecule has 1 aromatic rings. The average molecular weight is 266 g/mol. The Hall–Kier alpha value is -1.62. The number of carbonyl (C=O) groups excluding carboxylic acids is 2. The number of carbonyl (C=O) groups is 2. The summed E-state index contributed by atoms with van der Waals surface area (Å²) in [5.74, 6) is -0.155. The maximum absolute atomic E-state index is 11.5. The second-order valence-corrected chi connectivity index (χ2v) is 4.64. The Balaban J connectivity index is 2.10. The lowest BCUT2D eigenvalue weighted by Gasteiger charge is -2.04. The van der Waals surface area contributed by atoms with Crippen LogP contribution < -0.4 is 10.6 Å². The molecule has 0 aromatic carbocycles. The molecule has 0 aliphatic carbocycles. The quantitative estimate of drug-likeness (QED) is 0.585. The number of hydrogen-bond donors (Lipinski definition) is 2. The predicted octanol–water partition coefficient (Wildman–Crippen LogP) is 1.95. The molecule has 1 aromatic heterocycles. The molecule has 0 atom stereocenters. The molecule has 0 unspecified atom stereocenters. The third kappa shape index (κ3) is 5.63. The van der Waals surface area contributed by atoms with Gasteiger partial charge in [-0.25, -0.2) is 0 Å². The number of nitrogens with one attached hydrogen (secondary N) is 2. The highest BCUT2D eigenvalue weighted by atomic mass is 32.1. The molecular weight excluding hydrogens is 248 g/mol. The summed E-state index contributed by atoms with van der Waals surface area (Å²) in [5, 5.41) is 7.35. The second-order valence-electron chi connectivity index (χ2n) is 3.69. The van der Waals surface area contributed by atoms with Crippen molar-refractivity contribution in [3.05, 3.63) is 34.5 Å². The minimum atomic E-state index is -0.119. The van der Waals surface area contributed by atoms with Crippen LogP contribution in [-0.2, 0) is 4.79 Å².